The quantitative estimate of drug-likeness (QED) is 0.425. The van der Waals surface area contributed by atoms with Crippen molar-refractivity contribution in [3.63, 3.8) is 0 Å². The van der Waals surface area contributed by atoms with E-state index in [-0.39, 0.29) is 28.7 Å². The monoisotopic (exact) mass is 465 g/mol. The summed E-state index contributed by atoms with van der Waals surface area (Å²) in [5.41, 5.74) is -1.99. The molecule has 0 aliphatic heterocycles. The zero-order chi connectivity index (χ0) is 23.9. The number of anilines is 1. The lowest BCUT2D eigenvalue weighted by Gasteiger charge is -2.14. The molecule has 34 heavy (non-hydrogen) atoms. The number of nitrogens with zero attached hydrogens (tertiary/aromatic N) is 10. The maximum atomic E-state index is 14.0. The number of halogens is 3. The second-order valence-corrected chi connectivity index (χ2v) is 6.73. The lowest BCUT2D eigenvalue weighted by atomic mass is 10.2. The van der Waals surface area contributed by atoms with Gasteiger partial charge >= 0.3 is 6.18 Å². The standard InChI is InChI=1S/C19H10F3N11O/c20-19(21,22)15-13(10-28-33(15)14-1-2-24-18-25-3-5-31(14)18)17(34)29-12-7-11(8-23)16(26-9-12)32-6-4-27-30-32/h1-7,9-10H,(H,29,34). The summed E-state index contributed by atoms with van der Waals surface area (Å²) in [6.07, 6.45) is 3.99. The summed E-state index contributed by atoms with van der Waals surface area (Å²) in [5, 5.41) is 22.9. The molecule has 168 valence electrons. The van der Waals surface area contributed by atoms with Crippen molar-refractivity contribution in [3.05, 3.63) is 72.3 Å². The van der Waals surface area contributed by atoms with E-state index < -0.39 is 23.3 Å². The Bertz CT molecular complexity index is 1560. The van der Waals surface area contributed by atoms with Crippen LogP contribution in [-0.4, -0.2) is 50.0 Å². The van der Waals surface area contributed by atoms with E-state index in [1.807, 2.05) is 6.07 Å². The highest BCUT2D eigenvalue weighted by Gasteiger charge is 2.41. The summed E-state index contributed by atoms with van der Waals surface area (Å²) >= 11 is 0. The van der Waals surface area contributed by atoms with Crippen LogP contribution in [0.15, 0.2) is 55.5 Å². The minimum absolute atomic E-state index is 0.00667. The Labute approximate surface area is 186 Å². The lowest BCUT2D eigenvalue weighted by Crippen LogP contribution is -2.21. The van der Waals surface area contributed by atoms with Crippen molar-refractivity contribution >= 4 is 17.4 Å². The van der Waals surface area contributed by atoms with Crippen LogP contribution in [0.3, 0.4) is 0 Å². The summed E-state index contributed by atoms with van der Waals surface area (Å²) in [5.74, 6) is -0.799. The van der Waals surface area contributed by atoms with Crippen LogP contribution in [0.25, 0.3) is 17.4 Å². The minimum atomic E-state index is -4.92. The van der Waals surface area contributed by atoms with Gasteiger partial charge in [-0.15, -0.1) is 5.10 Å². The largest absolute Gasteiger partial charge is 0.434 e. The van der Waals surface area contributed by atoms with E-state index in [0.29, 0.717) is 4.68 Å². The summed E-state index contributed by atoms with van der Waals surface area (Å²) in [4.78, 5) is 24.8. The number of imidazole rings is 1. The van der Waals surface area contributed by atoms with E-state index in [4.69, 9.17) is 0 Å². The highest BCUT2D eigenvalue weighted by molar-refractivity contribution is 6.05. The van der Waals surface area contributed by atoms with Crippen molar-refractivity contribution < 1.29 is 18.0 Å². The minimum Gasteiger partial charge on any atom is -0.320 e. The average molecular weight is 465 g/mol. The van der Waals surface area contributed by atoms with Gasteiger partial charge in [-0.05, 0) is 12.1 Å². The third-order valence-corrected chi connectivity index (χ3v) is 4.67. The average Bonchev–Trinajstić information content (AvgIpc) is 3.58. The SMILES string of the molecule is N#Cc1cc(NC(=O)c2cnn(-c3ccnc4nccn34)c2C(F)(F)F)cnc1-n1ccnn1. The van der Waals surface area contributed by atoms with Crippen LogP contribution in [0.5, 0.6) is 0 Å². The topological polar surface area (TPSA) is 144 Å². The van der Waals surface area contributed by atoms with Gasteiger partial charge in [0, 0.05) is 18.6 Å². The van der Waals surface area contributed by atoms with Gasteiger partial charge in [0.15, 0.2) is 11.5 Å². The number of carbonyl (C=O) groups is 1. The number of fused-ring (bicyclic) bond motifs is 1. The number of pyridine rings is 1. The Morgan fingerprint density at radius 2 is 1.91 bits per heavy atom. The molecule has 0 aliphatic carbocycles. The Balaban J connectivity index is 1.53. The van der Waals surface area contributed by atoms with E-state index in [9.17, 15) is 23.2 Å². The molecule has 1 N–H and O–H groups in total. The number of carbonyl (C=O) groups excluding carboxylic acids is 1. The molecule has 0 fully saturated rings. The molecule has 0 saturated heterocycles. The molecule has 0 unspecified atom stereocenters. The summed E-state index contributed by atoms with van der Waals surface area (Å²) in [6.45, 7) is 0. The fraction of sp³-hybridized carbons (Fsp3) is 0.0526. The van der Waals surface area contributed by atoms with Gasteiger partial charge in [-0.1, -0.05) is 5.21 Å². The smallest absolute Gasteiger partial charge is 0.320 e. The number of aromatic nitrogens is 9. The van der Waals surface area contributed by atoms with Gasteiger partial charge in [0.05, 0.1) is 41.6 Å². The van der Waals surface area contributed by atoms with Crippen molar-refractivity contribution in [2.24, 2.45) is 0 Å². The molecule has 5 aromatic heterocycles. The predicted octanol–water partition coefficient (Wildman–Crippen LogP) is 2.03. The van der Waals surface area contributed by atoms with Crippen molar-refractivity contribution in [1.29, 1.82) is 5.26 Å². The second-order valence-electron chi connectivity index (χ2n) is 6.73. The van der Waals surface area contributed by atoms with E-state index in [1.54, 1.807) is 0 Å². The van der Waals surface area contributed by atoms with Crippen molar-refractivity contribution in [1.82, 2.24) is 44.1 Å². The zero-order valence-electron chi connectivity index (χ0n) is 16.7. The fourth-order valence-electron chi connectivity index (χ4n) is 3.26. The van der Waals surface area contributed by atoms with Crippen LogP contribution in [0, 0.1) is 11.3 Å². The molecule has 0 radical (unpaired) electrons. The zero-order valence-corrected chi connectivity index (χ0v) is 16.7. The van der Waals surface area contributed by atoms with Gasteiger partial charge in [0.25, 0.3) is 5.91 Å². The summed E-state index contributed by atoms with van der Waals surface area (Å²) in [6, 6.07) is 4.47. The molecule has 0 saturated carbocycles. The molecule has 1 amide bonds. The number of alkyl halides is 3. The third-order valence-electron chi connectivity index (χ3n) is 4.67. The molecule has 15 heteroatoms. The van der Waals surface area contributed by atoms with Gasteiger partial charge in [-0.25, -0.2) is 24.3 Å². The van der Waals surface area contributed by atoms with Gasteiger partial charge in [-0.3, -0.25) is 9.20 Å². The number of hydrogen-bond acceptors (Lipinski definition) is 8. The van der Waals surface area contributed by atoms with E-state index in [0.717, 1.165) is 6.20 Å². The molecule has 5 heterocycles. The first-order valence-electron chi connectivity index (χ1n) is 9.38. The number of nitrogens with one attached hydrogen (secondary N) is 1. The lowest BCUT2D eigenvalue weighted by molar-refractivity contribution is -0.143. The second kappa shape index (κ2) is 7.78. The van der Waals surface area contributed by atoms with Crippen LogP contribution in [-0.2, 0) is 6.18 Å². The van der Waals surface area contributed by atoms with Crippen LogP contribution >= 0.6 is 0 Å². The molecule has 0 aromatic carbocycles. The first-order chi connectivity index (χ1) is 16.4. The Morgan fingerprint density at radius 1 is 1.09 bits per heavy atom. The van der Waals surface area contributed by atoms with Crippen LogP contribution in [0.4, 0.5) is 18.9 Å². The molecular formula is C19H10F3N11O. The molecule has 5 aromatic rings. The van der Waals surface area contributed by atoms with E-state index >= 15 is 0 Å². The number of amides is 1. The van der Waals surface area contributed by atoms with Crippen molar-refractivity contribution in [3.8, 4) is 17.7 Å². The van der Waals surface area contributed by atoms with E-state index in [2.05, 4.69) is 35.7 Å². The Kier molecular flexibility index (Phi) is 4.75. The molecule has 0 atom stereocenters. The first-order valence-corrected chi connectivity index (χ1v) is 9.38. The number of rotatable bonds is 4. The predicted molar refractivity (Wildman–Crippen MR) is 107 cm³/mol. The highest BCUT2D eigenvalue weighted by atomic mass is 19.4. The fourth-order valence-corrected chi connectivity index (χ4v) is 3.26. The molecular weight excluding hydrogens is 455 g/mol. The summed E-state index contributed by atoms with van der Waals surface area (Å²) < 4.78 is 45.2. The molecule has 0 aliphatic rings. The molecule has 0 spiro atoms. The van der Waals surface area contributed by atoms with Crippen LogP contribution in [0.2, 0.25) is 0 Å². The first kappa shape index (κ1) is 20.8. The van der Waals surface area contributed by atoms with Crippen LogP contribution < -0.4 is 5.32 Å². The Morgan fingerprint density at radius 3 is 2.65 bits per heavy atom. The molecule has 5 rings (SSSR count). The molecule has 0 bridgehead atoms. The van der Waals surface area contributed by atoms with Crippen molar-refractivity contribution in [2.45, 2.75) is 6.18 Å². The highest BCUT2D eigenvalue weighted by Crippen LogP contribution is 2.34. The van der Waals surface area contributed by atoms with Crippen LogP contribution in [0.1, 0.15) is 21.6 Å². The van der Waals surface area contributed by atoms with Gasteiger partial charge in [0.2, 0.25) is 5.78 Å². The van der Waals surface area contributed by atoms with Gasteiger partial charge in [-0.2, -0.15) is 23.5 Å². The van der Waals surface area contributed by atoms with Gasteiger partial charge < -0.3 is 5.32 Å². The number of nitriles is 1. The third kappa shape index (κ3) is 3.48. The maximum absolute atomic E-state index is 14.0. The van der Waals surface area contributed by atoms with Gasteiger partial charge in [0.1, 0.15) is 11.9 Å². The molecule has 12 nitrogen and oxygen atoms in total. The maximum Gasteiger partial charge on any atom is 0.434 e. The number of hydrogen-bond donors (Lipinski definition) is 1. The normalized spacial score (nSPS) is 11.5. The van der Waals surface area contributed by atoms with E-state index in [1.165, 1.54) is 58.4 Å². The summed E-state index contributed by atoms with van der Waals surface area (Å²) in [7, 11) is 0. The van der Waals surface area contributed by atoms with Crippen molar-refractivity contribution in [2.75, 3.05) is 5.32 Å². The Hall–Kier alpha value is -5.13.